The van der Waals surface area contributed by atoms with Gasteiger partial charge in [-0.15, -0.1) is 11.3 Å². The molecule has 0 saturated heterocycles. The Morgan fingerprint density at radius 3 is 2.69 bits per heavy atom. The van der Waals surface area contributed by atoms with Gasteiger partial charge in [0.15, 0.2) is 0 Å². The van der Waals surface area contributed by atoms with Gasteiger partial charge in [0.05, 0.1) is 0 Å². The summed E-state index contributed by atoms with van der Waals surface area (Å²) in [6, 6.07) is 9.02. The van der Waals surface area contributed by atoms with Gasteiger partial charge in [-0.05, 0) is 30.5 Å². The zero-order valence-electron chi connectivity index (χ0n) is 7.68. The molecular formula is C11H13NS. The van der Waals surface area contributed by atoms with Gasteiger partial charge in [0.2, 0.25) is 0 Å². The first kappa shape index (κ1) is 8.57. The van der Waals surface area contributed by atoms with E-state index in [0.29, 0.717) is 6.04 Å². The summed E-state index contributed by atoms with van der Waals surface area (Å²) < 4.78 is 2.25. The van der Waals surface area contributed by atoms with Crippen LogP contribution in [0.5, 0.6) is 0 Å². The van der Waals surface area contributed by atoms with Crippen LogP contribution in [-0.2, 0) is 6.42 Å². The van der Waals surface area contributed by atoms with Crippen molar-refractivity contribution in [2.45, 2.75) is 19.4 Å². The van der Waals surface area contributed by atoms with Crippen LogP contribution in [0.1, 0.15) is 17.8 Å². The molecule has 0 saturated carbocycles. The van der Waals surface area contributed by atoms with Crippen molar-refractivity contribution >= 4 is 11.3 Å². The Balaban J connectivity index is 2.04. The molecule has 0 bridgehead atoms. The van der Waals surface area contributed by atoms with Crippen LogP contribution in [0.4, 0.5) is 0 Å². The smallest absolute Gasteiger partial charge is 0.0350 e. The van der Waals surface area contributed by atoms with Gasteiger partial charge in [0.25, 0.3) is 0 Å². The molecule has 0 spiro atoms. The van der Waals surface area contributed by atoms with Crippen molar-refractivity contribution in [1.29, 1.82) is 0 Å². The zero-order chi connectivity index (χ0) is 9.10. The Kier molecular flexibility index (Phi) is 2.50. The second-order valence-electron chi connectivity index (χ2n) is 3.26. The summed E-state index contributed by atoms with van der Waals surface area (Å²) >= 11 is 1.84. The molecule has 2 aromatic heterocycles. The molecule has 68 valence electrons. The minimum absolute atomic E-state index is 0.564. The fourth-order valence-electron chi connectivity index (χ4n) is 1.47. The van der Waals surface area contributed by atoms with Crippen molar-refractivity contribution in [3.05, 3.63) is 46.9 Å². The summed E-state index contributed by atoms with van der Waals surface area (Å²) in [4.78, 5) is 1.46. The Bertz CT molecular complexity index is 334. The Labute approximate surface area is 82.6 Å². The number of nitrogens with zero attached hydrogens (tertiary/aromatic N) is 1. The second kappa shape index (κ2) is 3.79. The first-order chi connectivity index (χ1) is 6.36. The van der Waals surface area contributed by atoms with Crippen molar-refractivity contribution < 1.29 is 0 Å². The molecule has 0 N–H and O–H groups in total. The van der Waals surface area contributed by atoms with E-state index in [4.69, 9.17) is 0 Å². The van der Waals surface area contributed by atoms with Crippen molar-refractivity contribution in [3.8, 4) is 0 Å². The number of rotatable bonds is 3. The highest BCUT2D eigenvalue weighted by Gasteiger charge is 2.04. The van der Waals surface area contributed by atoms with E-state index >= 15 is 0 Å². The van der Waals surface area contributed by atoms with Gasteiger partial charge in [-0.25, -0.2) is 0 Å². The number of hydrogen-bond donors (Lipinski definition) is 0. The summed E-state index contributed by atoms with van der Waals surface area (Å²) in [5.74, 6) is 0. The van der Waals surface area contributed by atoms with Gasteiger partial charge >= 0.3 is 0 Å². The van der Waals surface area contributed by atoms with E-state index in [-0.39, 0.29) is 0 Å². The molecule has 2 aromatic rings. The van der Waals surface area contributed by atoms with Gasteiger partial charge in [0, 0.05) is 29.7 Å². The maximum atomic E-state index is 2.25. The largest absolute Gasteiger partial charge is 0.351 e. The molecule has 2 rings (SSSR count). The Hall–Kier alpha value is -1.02. The number of aromatic nitrogens is 1. The normalized spacial score (nSPS) is 13.0. The standard InChI is InChI=1S/C11H13NS/c1-10(12-6-2-3-7-12)9-11-5-4-8-13-11/h2-8,10H,9H2,1H3. The average molecular weight is 191 g/mol. The van der Waals surface area contributed by atoms with Crippen LogP contribution >= 0.6 is 11.3 Å². The monoisotopic (exact) mass is 191 g/mol. The van der Waals surface area contributed by atoms with Crippen LogP contribution in [0.2, 0.25) is 0 Å². The first-order valence-corrected chi connectivity index (χ1v) is 5.39. The number of hydrogen-bond acceptors (Lipinski definition) is 1. The highest BCUT2D eigenvalue weighted by Crippen LogP contribution is 2.17. The summed E-state index contributed by atoms with van der Waals surface area (Å²) in [6.45, 7) is 2.25. The van der Waals surface area contributed by atoms with E-state index in [9.17, 15) is 0 Å². The second-order valence-corrected chi connectivity index (χ2v) is 4.30. The molecule has 2 heterocycles. The molecule has 2 heteroatoms. The number of thiophene rings is 1. The van der Waals surface area contributed by atoms with E-state index in [1.54, 1.807) is 0 Å². The predicted octanol–water partition coefficient (Wildman–Crippen LogP) is 3.35. The van der Waals surface area contributed by atoms with E-state index in [1.165, 1.54) is 4.88 Å². The van der Waals surface area contributed by atoms with Gasteiger partial charge in [-0.2, -0.15) is 0 Å². The van der Waals surface area contributed by atoms with Gasteiger partial charge in [-0.3, -0.25) is 0 Å². The van der Waals surface area contributed by atoms with Crippen molar-refractivity contribution in [1.82, 2.24) is 4.57 Å². The highest BCUT2D eigenvalue weighted by atomic mass is 32.1. The van der Waals surface area contributed by atoms with E-state index < -0.39 is 0 Å². The average Bonchev–Trinajstić information content (AvgIpc) is 2.74. The molecule has 0 aliphatic rings. The Morgan fingerprint density at radius 1 is 1.31 bits per heavy atom. The first-order valence-electron chi connectivity index (χ1n) is 4.51. The molecule has 13 heavy (non-hydrogen) atoms. The lowest BCUT2D eigenvalue weighted by atomic mass is 10.2. The van der Waals surface area contributed by atoms with Crippen LogP contribution in [0.3, 0.4) is 0 Å². The SMILES string of the molecule is CC(Cc1cccs1)n1cccc1. The molecule has 1 atom stereocenters. The third kappa shape index (κ3) is 2.01. The lowest BCUT2D eigenvalue weighted by molar-refractivity contribution is 0.551. The van der Waals surface area contributed by atoms with Crippen molar-refractivity contribution in [3.63, 3.8) is 0 Å². The topological polar surface area (TPSA) is 4.93 Å². The van der Waals surface area contributed by atoms with Crippen molar-refractivity contribution in [2.24, 2.45) is 0 Å². The third-order valence-electron chi connectivity index (χ3n) is 2.21. The van der Waals surface area contributed by atoms with Crippen LogP contribution in [0, 0.1) is 0 Å². The minimum Gasteiger partial charge on any atom is -0.351 e. The molecular weight excluding hydrogens is 178 g/mol. The summed E-state index contributed by atoms with van der Waals surface area (Å²) in [6.07, 6.45) is 5.38. The molecule has 0 radical (unpaired) electrons. The maximum absolute atomic E-state index is 2.25. The molecule has 0 aromatic carbocycles. The van der Waals surface area contributed by atoms with Crippen molar-refractivity contribution in [2.75, 3.05) is 0 Å². The molecule has 0 aliphatic carbocycles. The summed E-state index contributed by atoms with van der Waals surface area (Å²) in [7, 11) is 0. The van der Waals surface area contributed by atoms with Crippen LogP contribution in [-0.4, -0.2) is 4.57 Å². The molecule has 0 fully saturated rings. The molecule has 1 unspecified atom stereocenters. The molecule has 0 aliphatic heterocycles. The predicted molar refractivity (Wildman–Crippen MR) is 57.2 cm³/mol. The zero-order valence-corrected chi connectivity index (χ0v) is 8.50. The Morgan fingerprint density at radius 2 is 2.08 bits per heavy atom. The molecule has 0 amide bonds. The summed E-state index contributed by atoms with van der Waals surface area (Å²) in [5, 5.41) is 2.14. The van der Waals surface area contributed by atoms with Gasteiger partial charge in [0.1, 0.15) is 0 Å². The van der Waals surface area contributed by atoms with Gasteiger partial charge < -0.3 is 4.57 Å². The van der Waals surface area contributed by atoms with Crippen LogP contribution < -0.4 is 0 Å². The third-order valence-corrected chi connectivity index (χ3v) is 3.11. The van der Waals surface area contributed by atoms with E-state index in [2.05, 4.69) is 53.5 Å². The fraction of sp³-hybridized carbons (Fsp3) is 0.273. The maximum Gasteiger partial charge on any atom is 0.0350 e. The molecule has 1 nitrogen and oxygen atoms in total. The lowest BCUT2D eigenvalue weighted by Gasteiger charge is -2.11. The van der Waals surface area contributed by atoms with Crippen LogP contribution in [0.15, 0.2) is 42.0 Å². The minimum atomic E-state index is 0.564. The van der Waals surface area contributed by atoms with Crippen LogP contribution in [0.25, 0.3) is 0 Å². The highest BCUT2D eigenvalue weighted by molar-refractivity contribution is 7.09. The van der Waals surface area contributed by atoms with E-state index in [0.717, 1.165) is 6.42 Å². The fourth-order valence-corrected chi connectivity index (χ4v) is 2.29. The lowest BCUT2D eigenvalue weighted by Crippen LogP contribution is -2.04. The van der Waals surface area contributed by atoms with Gasteiger partial charge in [-0.1, -0.05) is 6.07 Å². The van der Waals surface area contributed by atoms with E-state index in [1.807, 2.05) is 11.3 Å². The quantitative estimate of drug-likeness (QED) is 0.701. The summed E-state index contributed by atoms with van der Waals surface area (Å²) in [5.41, 5.74) is 0.